The van der Waals surface area contributed by atoms with Crippen LogP contribution in [0.1, 0.15) is 22.5 Å². The van der Waals surface area contributed by atoms with Gasteiger partial charge in [-0.1, -0.05) is 35.9 Å². The smallest absolute Gasteiger partial charge is 0.262 e. The van der Waals surface area contributed by atoms with Crippen molar-refractivity contribution in [1.82, 2.24) is 9.78 Å². The summed E-state index contributed by atoms with van der Waals surface area (Å²) < 4.78 is 42.7. The first kappa shape index (κ1) is 18.1. The Kier molecular flexibility index (Phi) is 4.82. The molecule has 1 N–H and O–H groups in total. The maximum atomic E-state index is 13.4. The third-order valence-corrected chi connectivity index (χ3v) is 5.52. The molecule has 0 radical (unpaired) electrons. The summed E-state index contributed by atoms with van der Waals surface area (Å²) in [4.78, 5) is -0.123. The molecular weight excluding hydrogens is 353 g/mol. The van der Waals surface area contributed by atoms with Crippen molar-refractivity contribution < 1.29 is 12.8 Å². The zero-order valence-corrected chi connectivity index (χ0v) is 15.6. The Morgan fingerprint density at radius 3 is 2.42 bits per heavy atom. The van der Waals surface area contributed by atoms with Crippen LogP contribution in [0, 0.1) is 26.6 Å². The number of rotatable bonds is 5. The Hall–Kier alpha value is -2.67. The Bertz CT molecular complexity index is 1040. The molecule has 5 nitrogen and oxygen atoms in total. The van der Waals surface area contributed by atoms with Gasteiger partial charge in [0, 0.05) is 0 Å². The molecule has 3 aromatic rings. The van der Waals surface area contributed by atoms with Crippen LogP contribution in [0.2, 0.25) is 0 Å². The lowest BCUT2D eigenvalue weighted by Gasteiger charge is -2.09. The van der Waals surface area contributed by atoms with Gasteiger partial charge in [-0.2, -0.15) is 5.10 Å². The first-order valence-corrected chi connectivity index (χ1v) is 9.62. The average molecular weight is 373 g/mol. The molecule has 0 saturated heterocycles. The Morgan fingerprint density at radius 1 is 1.08 bits per heavy atom. The zero-order valence-electron chi connectivity index (χ0n) is 14.8. The van der Waals surface area contributed by atoms with Crippen LogP contribution in [0.15, 0.2) is 53.4 Å². The Balaban J connectivity index is 1.89. The molecule has 0 spiro atoms. The van der Waals surface area contributed by atoms with Crippen LogP contribution in [0.25, 0.3) is 0 Å². The third-order valence-electron chi connectivity index (χ3n) is 4.18. The minimum Gasteiger partial charge on any atom is -0.276 e. The van der Waals surface area contributed by atoms with E-state index in [0.717, 1.165) is 11.6 Å². The van der Waals surface area contributed by atoms with Gasteiger partial charge in [0.1, 0.15) is 5.82 Å². The van der Waals surface area contributed by atoms with Gasteiger partial charge in [-0.05, 0) is 44.5 Å². The fourth-order valence-corrected chi connectivity index (χ4v) is 3.90. The highest BCUT2D eigenvalue weighted by Gasteiger charge is 2.20. The minimum atomic E-state index is -3.89. The molecule has 1 aromatic heterocycles. The van der Waals surface area contributed by atoms with Gasteiger partial charge in [0.2, 0.25) is 0 Å². The van der Waals surface area contributed by atoms with Crippen LogP contribution >= 0.6 is 0 Å². The Morgan fingerprint density at radius 2 is 1.77 bits per heavy atom. The summed E-state index contributed by atoms with van der Waals surface area (Å²) in [6.07, 6.45) is 0. The van der Waals surface area contributed by atoms with Crippen molar-refractivity contribution in [3.05, 3.63) is 76.9 Å². The molecule has 0 saturated carbocycles. The highest BCUT2D eigenvalue weighted by atomic mass is 32.2. The summed E-state index contributed by atoms with van der Waals surface area (Å²) >= 11 is 0. The first-order valence-electron chi connectivity index (χ1n) is 8.14. The number of anilines is 1. The fourth-order valence-electron chi connectivity index (χ4n) is 2.69. The topological polar surface area (TPSA) is 64.0 Å². The quantitative estimate of drug-likeness (QED) is 0.740. The molecule has 0 aliphatic carbocycles. The van der Waals surface area contributed by atoms with Gasteiger partial charge < -0.3 is 0 Å². The lowest BCUT2D eigenvalue weighted by atomic mass is 10.1. The van der Waals surface area contributed by atoms with Crippen molar-refractivity contribution in [3.8, 4) is 0 Å². The molecule has 0 fully saturated rings. The largest absolute Gasteiger partial charge is 0.276 e. The highest BCUT2D eigenvalue weighted by molar-refractivity contribution is 7.92. The SMILES string of the molecule is Cc1ccc(Cn2nc(C)c(NS(=O)(=O)c3cccc(F)c3)c2C)cc1. The fraction of sp³-hybridized carbons (Fsp3) is 0.211. The molecule has 0 unspecified atom stereocenters. The van der Waals surface area contributed by atoms with Crippen molar-refractivity contribution in [2.75, 3.05) is 4.72 Å². The van der Waals surface area contributed by atoms with Crippen LogP contribution < -0.4 is 4.72 Å². The Labute approximate surface area is 152 Å². The maximum Gasteiger partial charge on any atom is 0.262 e. The van der Waals surface area contributed by atoms with Crippen LogP contribution in [0.4, 0.5) is 10.1 Å². The monoisotopic (exact) mass is 373 g/mol. The van der Waals surface area contributed by atoms with Gasteiger partial charge in [-0.25, -0.2) is 12.8 Å². The van der Waals surface area contributed by atoms with E-state index in [-0.39, 0.29) is 4.90 Å². The average Bonchev–Trinajstić information content (AvgIpc) is 2.84. The van der Waals surface area contributed by atoms with E-state index in [0.29, 0.717) is 23.6 Å². The van der Waals surface area contributed by atoms with Crippen LogP contribution in [-0.2, 0) is 16.6 Å². The first-order chi connectivity index (χ1) is 12.3. The molecule has 136 valence electrons. The summed E-state index contributed by atoms with van der Waals surface area (Å²) in [6, 6.07) is 13.0. The van der Waals surface area contributed by atoms with E-state index in [1.54, 1.807) is 18.5 Å². The van der Waals surface area contributed by atoms with Gasteiger partial charge in [0.15, 0.2) is 0 Å². The summed E-state index contributed by atoms with van der Waals surface area (Å²) in [5.74, 6) is -0.601. The summed E-state index contributed by atoms with van der Waals surface area (Å²) in [5.41, 5.74) is 3.92. The normalized spacial score (nSPS) is 11.5. The molecule has 2 aromatic carbocycles. The van der Waals surface area contributed by atoms with E-state index >= 15 is 0 Å². The number of hydrogen-bond acceptors (Lipinski definition) is 3. The van der Waals surface area contributed by atoms with Crippen molar-refractivity contribution in [3.63, 3.8) is 0 Å². The predicted molar refractivity (Wildman–Crippen MR) is 99.2 cm³/mol. The molecule has 0 bridgehead atoms. The number of benzene rings is 2. The lowest BCUT2D eigenvalue weighted by Crippen LogP contribution is -2.14. The molecule has 26 heavy (non-hydrogen) atoms. The van der Waals surface area contributed by atoms with Crippen molar-refractivity contribution >= 4 is 15.7 Å². The van der Waals surface area contributed by atoms with Crippen LogP contribution in [0.3, 0.4) is 0 Å². The molecule has 0 aliphatic heterocycles. The summed E-state index contributed by atoms with van der Waals surface area (Å²) in [5, 5.41) is 4.44. The number of aryl methyl sites for hydroxylation is 2. The van der Waals surface area contributed by atoms with E-state index in [1.165, 1.54) is 23.8 Å². The second-order valence-corrected chi connectivity index (χ2v) is 7.93. The maximum absolute atomic E-state index is 13.4. The lowest BCUT2D eigenvalue weighted by molar-refractivity contribution is 0.595. The second kappa shape index (κ2) is 6.92. The van der Waals surface area contributed by atoms with E-state index < -0.39 is 15.8 Å². The van der Waals surface area contributed by atoms with Crippen LogP contribution in [-0.4, -0.2) is 18.2 Å². The molecule has 7 heteroatoms. The highest BCUT2D eigenvalue weighted by Crippen LogP contribution is 2.24. The number of halogens is 1. The molecule has 0 amide bonds. The van der Waals surface area contributed by atoms with Crippen LogP contribution in [0.5, 0.6) is 0 Å². The number of aromatic nitrogens is 2. The number of nitrogens with zero attached hydrogens (tertiary/aromatic N) is 2. The summed E-state index contributed by atoms with van der Waals surface area (Å²) in [7, 11) is -3.89. The van der Waals surface area contributed by atoms with Crippen molar-refractivity contribution in [2.24, 2.45) is 0 Å². The summed E-state index contributed by atoms with van der Waals surface area (Å²) in [6.45, 7) is 6.10. The molecule has 1 heterocycles. The van der Waals surface area contributed by atoms with Gasteiger partial charge in [-0.3, -0.25) is 9.40 Å². The van der Waals surface area contributed by atoms with Crippen molar-refractivity contribution in [2.45, 2.75) is 32.2 Å². The van der Waals surface area contributed by atoms with Gasteiger partial charge in [0.25, 0.3) is 10.0 Å². The molecular formula is C19H20FN3O2S. The predicted octanol–water partition coefficient (Wildman–Crippen LogP) is 3.80. The van der Waals surface area contributed by atoms with Gasteiger partial charge in [-0.15, -0.1) is 0 Å². The minimum absolute atomic E-state index is 0.123. The molecule has 3 rings (SSSR count). The van der Waals surface area contributed by atoms with E-state index in [4.69, 9.17) is 0 Å². The third kappa shape index (κ3) is 3.77. The molecule has 0 aliphatic rings. The van der Waals surface area contributed by atoms with Gasteiger partial charge >= 0.3 is 0 Å². The second-order valence-electron chi connectivity index (χ2n) is 6.25. The number of nitrogens with one attached hydrogen (secondary N) is 1. The van der Waals surface area contributed by atoms with E-state index in [1.807, 2.05) is 31.2 Å². The van der Waals surface area contributed by atoms with E-state index in [2.05, 4.69) is 9.82 Å². The zero-order chi connectivity index (χ0) is 18.9. The van der Waals surface area contributed by atoms with Crippen molar-refractivity contribution in [1.29, 1.82) is 0 Å². The van der Waals surface area contributed by atoms with E-state index in [9.17, 15) is 12.8 Å². The van der Waals surface area contributed by atoms with Gasteiger partial charge in [0.05, 0.1) is 28.5 Å². The standard InChI is InChI=1S/C19H20FN3O2S/c1-13-7-9-16(10-8-13)12-23-15(3)19(14(2)21-23)22-26(24,25)18-6-4-5-17(20)11-18/h4-11,22H,12H2,1-3H3. The number of hydrogen-bond donors (Lipinski definition) is 1. The molecule has 0 atom stereocenters. The number of sulfonamides is 1.